The Labute approximate surface area is 127 Å². The quantitative estimate of drug-likeness (QED) is 0.923. The fraction of sp³-hybridized carbons (Fsp3) is 0.688. The zero-order chi connectivity index (χ0) is 15.4. The number of hydrogen-bond acceptors (Lipinski definition) is 4. The lowest BCUT2D eigenvalue weighted by molar-refractivity contribution is -0.126. The van der Waals surface area contributed by atoms with E-state index in [4.69, 9.17) is 0 Å². The molecule has 1 N–H and O–H groups in total. The van der Waals surface area contributed by atoms with Crippen molar-refractivity contribution in [3.05, 3.63) is 18.1 Å². The highest BCUT2D eigenvalue weighted by Crippen LogP contribution is 2.22. The summed E-state index contributed by atoms with van der Waals surface area (Å²) in [5.41, 5.74) is 0.977. The minimum absolute atomic E-state index is 0.130. The van der Waals surface area contributed by atoms with Crippen LogP contribution in [0, 0.1) is 18.8 Å². The number of aryl methyl sites for hydroxylation is 1. The Bertz CT molecular complexity index is 481. The highest BCUT2D eigenvalue weighted by molar-refractivity contribution is 5.79. The topological polar surface area (TPSA) is 58.1 Å². The van der Waals surface area contributed by atoms with E-state index in [-0.39, 0.29) is 17.9 Å². The maximum absolute atomic E-state index is 12.3. The number of carbonyl (C=O) groups excluding carboxylic acids is 1. The predicted octanol–water partition coefficient (Wildman–Crippen LogP) is 2.16. The third kappa shape index (κ3) is 4.16. The van der Waals surface area contributed by atoms with Crippen LogP contribution in [0.3, 0.4) is 0 Å². The number of rotatable bonds is 4. The van der Waals surface area contributed by atoms with Gasteiger partial charge in [-0.05, 0) is 32.6 Å². The number of aromatic nitrogens is 2. The van der Waals surface area contributed by atoms with Crippen molar-refractivity contribution in [2.45, 2.75) is 46.6 Å². The van der Waals surface area contributed by atoms with Crippen molar-refractivity contribution in [3.63, 3.8) is 0 Å². The molecule has 1 fully saturated rings. The van der Waals surface area contributed by atoms with Gasteiger partial charge in [-0.15, -0.1) is 0 Å². The third-order valence-corrected chi connectivity index (χ3v) is 4.35. The van der Waals surface area contributed by atoms with Crippen molar-refractivity contribution in [3.8, 4) is 0 Å². The Balaban J connectivity index is 1.87. The van der Waals surface area contributed by atoms with Crippen LogP contribution in [0.4, 0.5) is 5.82 Å². The number of carbonyl (C=O) groups is 1. The van der Waals surface area contributed by atoms with Crippen LogP contribution in [0.2, 0.25) is 0 Å². The summed E-state index contributed by atoms with van der Waals surface area (Å²) < 4.78 is 0. The van der Waals surface area contributed by atoms with Crippen LogP contribution in [0.15, 0.2) is 12.4 Å². The van der Waals surface area contributed by atoms with Gasteiger partial charge in [-0.2, -0.15) is 0 Å². The fourth-order valence-electron chi connectivity index (χ4n) is 2.49. The van der Waals surface area contributed by atoms with E-state index in [0.717, 1.165) is 37.4 Å². The SMILES string of the molecule is Cc1cc(N2CCC(C(=O)NC(C)C(C)C)CC2)ncn1. The maximum atomic E-state index is 12.3. The molecule has 0 spiro atoms. The van der Waals surface area contributed by atoms with E-state index in [2.05, 4.69) is 41.0 Å². The second-order valence-electron chi connectivity index (χ2n) is 6.32. The number of amides is 1. The lowest BCUT2D eigenvalue weighted by Crippen LogP contribution is -2.44. The van der Waals surface area contributed by atoms with Gasteiger partial charge in [0.2, 0.25) is 5.91 Å². The Morgan fingerprint density at radius 1 is 1.29 bits per heavy atom. The van der Waals surface area contributed by atoms with E-state index in [1.54, 1.807) is 6.33 Å². The molecule has 0 aromatic carbocycles. The highest BCUT2D eigenvalue weighted by Gasteiger charge is 2.26. The molecule has 0 bridgehead atoms. The zero-order valence-corrected chi connectivity index (χ0v) is 13.5. The Hall–Kier alpha value is -1.65. The molecule has 2 heterocycles. The summed E-state index contributed by atoms with van der Waals surface area (Å²) in [4.78, 5) is 22.9. The third-order valence-electron chi connectivity index (χ3n) is 4.35. The van der Waals surface area contributed by atoms with Crippen molar-refractivity contribution < 1.29 is 4.79 Å². The van der Waals surface area contributed by atoms with E-state index >= 15 is 0 Å². The summed E-state index contributed by atoms with van der Waals surface area (Å²) in [6.45, 7) is 10.1. The minimum atomic E-state index is 0.130. The molecule has 21 heavy (non-hydrogen) atoms. The van der Waals surface area contributed by atoms with Crippen molar-refractivity contribution in [1.82, 2.24) is 15.3 Å². The van der Waals surface area contributed by atoms with Crippen molar-refractivity contribution in [2.75, 3.05) is 18.0 Å². The van der Waals surface area contributed by atoms with E-state index in [0.29, 0.717) is 5.92 Å². The van der Waals surface area contributed by atoms with Crippen LogP contribution in [-0.2, 0) is 4.79 Å². The van der Waals surface area contributed by atoms with Gasteiger partial charge < -0.3 is 10.2 Å². The van der Waals surface area contributed by atoms with Gasteiger partial charge in [-0.25, -0.2) is 9.97 Å². The summed E-state index contributed by atoms with van der Waals surface area (Å²) >= 11 is 0. The van der Waals surface area contributed by atoms with Crippen LogP contribution in [0.5, 0.6) is 0 Å². The van der Waals surface area contributed by atoms with Crippen molar-refractivity contribution in [2.24, 2.45) is 11.8 Å². The smallest absolute Gasteiger partial charge is 0.223 e. The predicted molar refractivity (Wildman–Crippen MR) is 84.1 cm³/mol. The molecule has 0 saturated carbocycles. The zero-order valence-electron chi connectivity index (χ0n) is 13.5. The first-order valence-corrected chi connectivity index (χ1v) is 7.81. The van der Waals surface area contributed by atoms with Crippen LogP contribution < -0.4 is 10.2 Å². The Morgan fingerprint density at radius 2 is 1.95 bits per heavy atom. The molecule has 2 rings (SSSR count). The molecule has 1 aliphatic heterocycles. The molecular weight excluding hydrogens is 264 g/mol. The molecule has 116 valence electrons. The summed E-state index contributed by atoms with van der Waals surface area (Å²) in [5.74, 6) is 1.77. The molecule has 1 unspecified atom stereocenters. The van der Waals surface area contributed by atoms with Crippen molar-refractivity contribution >= 4 is 11.7 Å². The molecule has 0 aliphatic carbocycles. The monoisotopic (exact) mass is 290 g/mol. The van der Waals surface area contributed by atoms with Gasteiger partial charge in [0.25, 0.3) is 0 Å². The molecule has 1 saturated heterocycles. The van der Waals surface area contributed by atoms with Gasteiger partial charge in [0.05, 0.1) is 0 Å². The molecule has 1 aromatic heterocycles. The average molecular weight is 290 g/mol. The van der Waals surface area contributed by atoms with Gasteiger partial charge in [-0.1, -0.05) is 13.8 Å². The standard InChI is InChI=1S/C16H26N4O/c1-11(2)13(4)19-16(21)14-5-7-20(8-6-14)15-9-12(3)17-10-18-15/h9-11,13-14H,5-8H2,1-4H3,(H,19,21). The number of piperidine rings is 1. The molecular formula is C16H26N4O. The summed E-state index contributed by atoms with van der Waals surface area (Å²) in [6, 6.07) is 2.24. The van der Waals surface area contributed by atoms with Gasteiger partial charge in [0, 0.05) is 36.8 Å². The van der Waals surface area contributed by atoms with Gasteiger partial charge in [0.1, 0.15) is 12.1 Å². The molecule has 1 aromatic rings. The number of anilines is 1. The minimum Gasteiger partial charge on any atom is -0.356 e. The van der Waals surface area contributed by atoms with Crippen LogP contribution in [-0.4, -0.2) is 35.0 Å². The molecule has 5 heteroatoms. The maximum Gasteiger partial charge on any atom is 0.223 e. The highest BCUT2D eigenvalue weighted by atomic mass is 16.1. The molecule has 1 atom stereocenters. The van der Waals surface area contributed by atoms with E-state index < -0.39 is 0 Å². The average Bonchev–Trinajstić information content (AvgIpc) is 2.47. The molecule has 0 radical (unpaired) electrons. The first kappa shape index (κ1) is 15.7. The Morgan fingerprint density at radius 3 is 2.52 bits per heavy atom. The summed E-state index contributed by atoms with van der Waals surface area (Å²) in [5, 5.41) is 3.13. The lowest BCUT2D eigenvalue weighted by atomic mass is 9.95. The summed E-state index contributed by atoms with van der Waals surface area (Å²) in [6.07, 6.45) is 3.38. The molecule has 5 nitrogen and oxygen atoms in total. The van der Waals surface area contributed by atoms with Gasteiger partial charge >= 0.3 is 0 Å². The number of nitrogens with zero attached hydrogens (tertiary/aromatic N) is 3. The van der Waals surface area contributed by atoms with Crippen molar-refractivity contribution in [1.29, 1.82) is 0 Å². The molecule has 1 aliphatic rings. The van der Waals surface area contributed by atoms with E-state index in [9.17, 15) is 4.79 Å². The lowest BCUT2D eigenvalue weighted by Gasteiger charge is -2.33. The normalized spacial score (nSPS) is 17.9. The van der Waals surface area contributed by atoms with Crippen LogP contribution in [0.25, 0.3) is 0 Å². The second-order valence-corrected chi connectivity index (χ2v) is 6.32. The summed E-state index contributed by atoms with van der Waals surface area (Å²) in [7, 11) is 0. The first-order chi connectivity index (χ1) is 9.97. The number of nitrogens with one attached hydrogen (secondary N) is 1. The largest absolute Gasteiger partial charge is 0.356 e. The fourth-order valence-corrected chi connectivity index (χ4v) is 2.49. The van der Waals surface area contributed by atoms with Crippen LogP contribution >= 0.6 is 0 Å². The molecule has 1 amide bonds. The van der Waals surface area contributed by atoms with Gasteiger partial charge in [0.15, 0.2) is 0 Å². The first-order valence-electron chi connectivity index (χ1n) is 7.81. The Kier molecular flexibility index (Phi) is 5.15. The van der Waals surface area contributed by atoms with E-state index in [1.807, 2.05) is 13.0 Å². The second kappa shape index (κ2) is 6.87. The van der Waals surface area contributed by atoms with E-state index in [1.165, 1.54) is 0 Å². The van der Waals surface area contributed by atoms with Crippen LogP contribution in [0.1, 0.15) is 39.3 Å². The number of hydrogen-bond donors (Lipinski definition) is 1. The van der Waals surface area contributed by atoms with Gasteiger partial charge in [-0.3, -0.25) is 4.79 Å².